The Balaban J connectivity index is 2.02. The second kappa shape index (κ2) is 7.59. The van der Waals surface area contributed by atoms with Crippen LogP contribution in [0.5, 0.6) is 5.75 Å². The molecule has 1 atom stereocenters. The minimum absolute atomic E-state index is 0.00134. The fourth-order valence-corrected chi connectivity index (χ4v) is 1.98. The SMILES string of the molecule is CCCCC(=O)NC(C)c1nc(-c2ccc(OC)cc2)no1. The van der Waals surface area contributed by atoms with Gasteiger partial charge in [-0.3, -0.25) is 4.79 Å². The van der Waals surface area contributed by atoms with E-state index in [1.165, 1.54) is 0 Å². The Labute approximate surface area is 129 Å². The first-order valence-corrected chi connectivity index (χ1v) is 7.41. The monoisotopic (exact) mass is 303 g/mol. The number of methoxy groups -OCH3 is 1. The summed E-state index contributed by atoms with van der Waals surface area (Å²) in [5.41, 5.74) is 0.834. The number of nitrogens with zero attached hydrogens (tertiary/aromatic N) is 2. The Hall–Kier alpha value is -2.37. The van der Waals surface area contributed by atoms with E-state index in [0.717, 1.165) is 24.2 Å². The molecule has 1 aromatic carbocycles. The first-order chi connectivity index (χ1) is 10.6. The van der Waals surface area contributed by atoms with Gasteiger partial charge in [-0.2, -0.15) is 4.98 Å². The van der Waals surface area contributed by atoms with Crippen molar-refractivity contribution in [1.29, 1.82) is 0 Å². The number of unbranched alkanes of at least 4 members (excludes halogenated alkanes) is 1. The van der Waals surface area contributed by atoms with Gasteiger partial charge in [0.05, 0.1) is 7.11 Å². The van der Waals surface area contributed by atoms with Gasteiger partial charge in [0.25, 0.3) is 0 Å². The van der Waals surface area contributed by atoms with Crippen molar-refractivity contribution < 1.29 is 14.1 Å². The van der Waals surface area contributed by atoms with Gasteiger partial charge in [-0.1, -0.05) is 18.5 Å². The maximum atomic E-state index is 11.7. The molecule has 6 heteroatoms. The van der Waals surface area contributed by atoms with Crippen LogP contribution in [0.15, 0.2) is 28.8 Å². The Bertz CT molecular complexity index is 607. The van der Waals surface area contributed by atoms with E-state index in [0.29, 0.717) is 18.1 Å². The Kier molecular flexibility index (Phi) is 5.52. The highest BCUT2D eigenvalue weighted by molar-refractivity contribution is 5.76. The van der Waals surface area contributed by atoms with Gasteiger partial charge in [-0.05, 0) is 37.6 Å². The highest BCUT2D eigenvalue weighted by Crippen LogP contribution is 2.21. The summed E-state index contributed by atoms with van der Waals surface area (Å²) in [6, 6.07) is 7.09. The molecule has 0 aliphatic carbocycles. The Morgan fingerprint density at radius 3 is 2.73 bits per heavy atom. The number of amides is 1. The van der Waals surface area contributed by atoms with Gasteiger partial charge in [0, 0.05) is 12.0 Å². The first-order valence-electron chi connectivity index (χ1n) is 7.41. The van der Waals surface area contributed by atoms with Gasteiger partial charge in [-0.25, -0.2) is 0 Å². The largest absolute Gasteiger partial charge is 0.497 e. The van der Waals surface area contributed by atoms with Crippen molar-refractivity contribution in [3.8, 4) is 17.1 Å². The first kappa shape index (κ1) is 16.0. The molecule has 6 nitrogen and oxygen atoms in total. The zero-order valence-electron chi connectivity index (χ0n) is 13.1. The van der Waals surface area contributed by atoms with Crippen LogP contribution in [0.3, 0.4) is 0 Å². The van der Waals surface area contributed by atoms with Crippen LogP contribution in [-0.2, 0) is 4.79 Å². The average Bonchev–Trinajstić information content (AvgIpc) is 3.03. The summed E-state index contributed by atoms with van der Waals surface area (Å²) in [5, 5.41) is 6.81. The van der Waals surface area contributed by atoms with Crippen LogP contribution in [0, 0.1) is 0 Å². The molecule has 2 rings (SSSR count). The molecule has 1 unspecified atom stereocenters. The maximum absolute atomic E-state index is 11.7. The van der Waals surface area contributed by atoms with E-state index >= 15 is 0 Å². The lowest BCUT2D eigenvalue weighted by Crippen LogP contribution is -2.26. The molecule has 1 heterocycles. The molecule has 22 heavy (non-hydrogen) atoms. The molecule has 0 saturated carbocycles. The van der Waals surface area contributed by atoms with Crippen molar-refractivity contribution in [3.05, 3.63) is 30.2 Å². The van der Waals surface area contributed by atoms with Gasteiger partial charge in [0.1, 0.15) is 11.8 Å². The molecule has 0 fully saturated rings. The number of hydrogen-bond acceptors (Lipinski definition) is 5. The van der Waals surface area contributed by atoms with E-state index in [2.05, 4.69) is 22.4 Å². The molecule has 118 valence electrons. The van der Waals surface area contributed by atoms with Gasteiger partial charge in [0.15, 0.2) is 0 Å². The van der Waals surface area contributed by atoms with Crippen molar-refractivity contribution in [3.63, 3.8) is 0 Å². The lowest BCUT2D eigenvalue weighted by atomic mass is 10.2. The summed E-state index contributed by atoms with van der Waals surface area (Å²) in [4.78, 5) is 16.1. The van der Waals surface area contributed by atoms with Crippen LogP contribution in [0.1, 0.15) is 45.0 Å². The van der Waals surface area contributed by atoms with Crippen LogP contribution < -0.4 is 10.1 Å². The predicted octanol–water partition coefficient (Wildman–Crippen LogP) is 3.11. The van der Waals surface area contributed by atoms with Crippen molar-refractivity contribution in [2.24, 2.45) is 0 Å². The third-order valence-corrected chi connectivity index (χ3v) is 3.30. The van der Waals surface area contributed by atoms with E-state index in [1.807, 2.05) is 31.2 Å². The summed E-state index contributed by atoms with van der Waals surface area (Å²) < 4.78 is 10.3. The number of ether oxygens (including phenoxy) is 1. The van der Waals surface area contributed by atoms with Crippen molar-refractivity contribution in [2.75, 3.05) is 7.11 Å². The molecule has 0 bridgehead atoms. The minimum atomic E-state index is -0.302. The van der Waals surface area contributed by atoms with Crippen LogP contribution in [0.25, 0.3) is 11.4 Å². The number of carbonyl (C=O) groups excluding carboxylic acids is 1. The van der Waals surface area contributed by atoms with Crippen LogP contribution in [0.4, 0.5) is 0 Å². The topological polar surface area (TPSA) is 77.2 Å². The number of hydrogen-bond donors (Lipinski definition) is 1. The summed E-state index contributed by atoms with van der Waals surface area (Å²) >= 11 is 0. The van der Waals surface area contributed by atoms with E-state index in [1.54, 1.807) is 7.11 Å². The van der Waals surface area contributed by atoms with Gasteiger partial charge < -0.3 is 14.6 Å². The molecule has 2 aromatic rings. The Morgan fingerprint density at radius 2 is 2.09 bits per heavy atom. The summed E-state index contributed by atoms with van der Waals surface area (Å²) in [7, 11) is 1.62. The fourth-order valence-electron chi connectivity index (χ4n) is 1.98. The van der Waals surface area contributed by atoms with Crippen molar-refractivity contribution >= 4 is 5.91 Å². The zero-order chi connectivity index (χ0) is 15.9. The number of nitrogens with one attached hydrogen (secondary N) is 1. The standard InChI is InChI=1S/C16H21N3O3/c1-4-5-6-14(20)17-11(2)16-18-15(19-22-16)12-7-9-13(21-3)10-8-12/h7-11H,4-6H2,1-3H3,(H,17,20). The smallest absolute Gasteiger partial charge is 0.249 e. The van der Waals surface area contributed by atoms with Gasteiger partial charge in [0.2, 0.25) is 17.6 Å². The van der Waals surface area contributed by atoms with E-state index in [-0.39, 0.29) is 11.9 Å². The van der Waals surface area contributed by atoms with Crippen molar-refractivity contribution in [2.45, 2.75) is 39.2 Å². The molecule has 0 aliphatic rings. The quantitative estimate of drug-likeness (QED) is 0.850. The maximum Gasteiger partial charge on any atom is 0.249 e. The zero-order valence-corrected chi connectivity index (χ0v) is 13.1. The summed E-state index contributed by atoms with van der Waals surface area (Å²) in [5.74, 6) is 1.66. The molecule has 0 aliphatic heterocycles. The van der Waals surface area contributed by atoms with Gasteiger partial charge >= 0.3 is 0 Å². The lowest BCUT2D eigenvalue weighted by molar-refractivity contribution is -0.122. The summed E-state index contributed by atoms with van der Waals surface area (Å²) in [6.45, 7) is 3.88. The normalized spacial score (nSPS) is 12.0. The Morgan fingerprint density at radius 1 is 1.36 bits per heavy atom. The predicted molar refractivity (Wildman–Crippen MR) is 82.4 cm³/mol. The third kappa shape index (κ3) is 4.07. The molecular formula is C16H21N3O3. The molecular weight excluding hydrogens is 282 g/mol. The van der Waals surface area contributed by atoms with E-state index < -0.39 is 0 Å². The average molecular weight is 303 g/mol. The minimum Gasteiger partial charge on any atom is -0.497 e. The van der Waals surface area contributed by atoms with Gasteiger partial charge in [-0.15, -0.1) is 0 Å². The third-order valence-electron chi connectivity index (χ3n) is 3.30. The molecule has 0 saturated heterocycles. The van der Waals surface area contributed by atoms with E-state index in [4.69, 9.17) is 9.26 Å². The highest BCUT2D eigenvalue weighted by atomic mass is 16.5. The van der Waals surface area contributed by atoms with Crippen LogP contribution >= 0.6 is 0 Å². The second-order valence-electron chi connectivity index (χ2n) is 5.08. The second-order valence-corrected chi connectivity index (χ2v) is 5.08. The molecule has 1 amide bonds. The lowest BCUT2D eigenvalue weighted by Gasteiger charge is -2.08. The molecule has 0 spiro atoms. The van der Waals surface area contributed by atoms with Crippen LogP contribution in [0.2, 0.25) is 0 Å². The number of aromatic nitrogens is 2. The van der Waals surface area contributed by atoms with E-state index in [9.17, 15) is 4.79 Å². The fraction of sp³-hybridized carbons (Fsp3) is 0.438. The summed E-state index contributed by atoms with van der Waals surface area (Å²) in [6.07, 6.45) is 2.38. The highest BCUT2D eigenvalue weighted by Gasteiger charge is 2.17. The number of carbonyl (C=O) groups is 1. The molecule has 0 radical (unpaired) electrons. The number of rotatable bonds is 7. The van der Waals surface area contributed by atoms with Crippen molar-refractivity contribution in [1.82, 2.24) is 15.5 Å². The molecule has 1 N–H and O–H groups in total. The molecule has 1 aromatic heterocycles. The number of benzene rings is 1. The van der Waals surface area contributed by atoms with Crippen LogP contribution in [-0.4, -0.2) is 23.2 Å².